The van der Waals surface area contributed by atoms with Gasteiger partial charge < -0.3 is 28.8 Å². The summed E-state index contributed by atoms with van der Waals surface area (Å²) in [6.45, 7) is 17.2. The highest BCUT2D eigenvalue weighted by Crippen LogP contribution is 2.43. The lowest BCUT2D eigenvalue weighted by Gasteiger charge is -2.41. The number of carbonyl (C=O) groups excluding carboxylic acids is 2. The highest BCUT2D eigenvalue weighted by Gasteiger charge is 2.41. The first kappa shape index (κ1) is 60.3. The molecule has 4 aliphatic carbocycles. The summed E-state index contributed by atoms with van der Waals surface area (Å²) in [6, 6.07) is 29.2. The first-order chi connectivity index (χ1) is 39.4. The molecule has 2 heterocycles. The minimum atomic E-state index is -1.84. The number of aliphatic hydroxyl groups is 1. The van der Waals surface area contributed by atoms with E-state index < -0.39 is 8.32 Å². The van der Waals surface area contributed by atoms with Crippen molar-refractivity contribution in [1.82, 2.24) is 40.8 Å². The molecule has 4 fully saturated rings. The summed E-state index contributed by atoms with van der Waals surface area (Å²) < 4.78 is 17.7. The van der Waals surface area contributed by atoms with E-state index in [0.29, 0.717) is 54.7 Å². The van der Waals surface area contributed by atoms with Gasteiger partial charge in [-0.3, -0.25) is 9.59 Å². The largest absolute Gasteiger partial charge is 0.496 e. The molecule has 4 aliphatic rings. The number of aliphatic hydroxyl groups excluding tert-OH is 1. The van der Waals surface area contributed by atoms with Crippen molar-refractivity contribution in [3.05, 3.63) is 107 Å². The molecule has 440 valence electrons. The minimum absolute atomic E-state index is 0.0155. The van der Waals surface area contributed by atoms with Gasteiger partial charge in [0.25, 0.3) is 0 Å². The number of rotatable bonds is 16. The first-order valence-electron chi connectivity index (χ1n) is 30.3. The Hall–Kier alpha value is -6.30. The van der Waals surface area contributed by atoms with E-state index in [4.69, 9.17) is 13.9 Å². The zero-order valence-electron chi connectivity index (χ0n) is 50.4. The highest BCUT2D eigenvalue weighted by molar-refractivity contribution is 6.74. The molecule has 0 spiro atoms. The molecule has 0 aliphatic heterocycles. The number of anilines is 2. The van der Waals surface area contributed by atoms with Crippen LogP contribution in [-0.4, -0.2) is 106 Å². The van der Waals surface area contributed by atoms with E-state index in [1.165, 1.54) is 27.1 Å². The predicted molar refractivity (Wildman–Crippen MR) is 325 cm³/mol. The minimum Gasteiger partial charge on any atom is -0.496 e. The average Bonchev–Trinajstić information content (AvgIpc) is 4.26. The number of nitrogens with one attached hydrogen (secondary N) is 1. The van der Waals surface area contributed by atoms with Gasteiger partial charge in [-0.1, -0.05) is 69.3 Å². The van der Waals surface area contributed by atoms with Gasteiger partial charge in [-0.2, -0.15) is 10.0 Å². The normalized spacial score (nSPS) is 23.3. The molecule has 0 atom stereocenters. The van der Waals surface area contributed by atoms with Crippen molar-refractivity contribution in [2.24, 2.45) is 30.7 Å². The van der Waals surface area contributed by atoms with Crippen molar-refractivity contribution < 1.29 is 28.6 Å². The van der Waals surface area contributed by atoms with Gasteiger partial charge in [0.15, 0.2) is 8.32 Å². The second-order valence-corrected chi connectivity index (χ2v) is 30.3. The van der Waals surface area contributed by atoms with Gasteiger partial charge in [-0.15, -0.1) is 20.4 Å². The third kappa shape index (κ3) is 14.9. The topological polar surface area (TPSA) is 187 Å². The van der Waals surface area contributed by atoms with Crippen LogP contribution in [0.5, 0.6) is 11.5 Å². The second kappa shape index (κ2) is 26.9. The molecule has 2 N–H and O–H groups in total. The number of benzene rings is 4. The van der Waals surface area contributed by atoms with Crippen LogP contribution in [0, 0.1) is 37.5 Å². The molecule has 0 bridgehead atoms. The summed E-state index contributed by atoms with van der Waals surface area (Å²) in [5.74, 6) is 5.37. The van der Waals surface area contributed by atoms with Crippen LogP contribution in [0.25, 0.3) is 22.8 Å². The Morgan fingerprint density at radius 1 is 0.634 bits per heavy atom. The second-order valence-electron chi connectivity index (χ2n) is 25.6. The smallest absolute Gasteiger partial charge is 0.230 e. The van der Waals surface area contributed by atoms with Gasteiger partial charge in [-0.05, 0) is 227 Å². The lowest BCUT2D eigenvalue weighted by atomic mass is 9.78. The molecular formula is C65H90N10O6Si. The van der Waals surface area contributed by atoms with Crippen LogP contribution in [0.3, 0.4) is 0 Å². The summed E-state index contributed by atoms with van der Waals surface area (Å²) in [5, 5.41) is 37.3. The van der Waals surface area contributed by atoms with Crippen LogP contribution in [0.1, 0.15) is 158 Å². The number of ether oxygens (including phenoxy) is 2. The summed E-state index contributed by atoms with van der Waals surface area (Å²) in [5.41, 5.74) is 8.68. The van der Waals surface area contributed by atoms with Gasteiger partial charge in [0.1, 0.15) is 11.5 Å². The van der Waals surface area contributed by atoms with Gasteiger partial charge in [0.2, 0.25) is 23.5 Å². The van der Waals surface area contributed by atoms with E-state index in [-0.39, 0.29) is 40.9 Å². The van der Waals surface area contributed by atoms with Crippen molar-refractivity contribution in [3.8, 4) is 34.3 Å². The van der Waals surface area contributed by atoms with Crippen LogP contribution in [0.15, 0.2) is 84.9 Å². The van der Waals surface area contributed by atoms with E-state index in [2.05, 4.69) is 131 Å². The quantitative estimate of drug-likeness (QED) is 0.0875. The Labute approximate surface area is 487 Å². The van der Waals surface area contributed by atoms with Crippen molar-refractivity contribution >= 4 is 31.5 Å². The summed E-state index contributed by atoms with van der Waals surface area (Å²) in [7, 11) is 3.36. The highest BCUT2D eigenvalue weighted by atomic mass is 28.4. The van der Waals surface area contributed by atoms with Crippen molar-refractivity contribution in [3.63, 3.8) is 0 Å². The standard InChI is InChI=1S/C35H51N5O3Si.C30H39N5O3/c1-24-21-28(17-20-32(24)42-5)26-13-11-25(12-14-26)23-40(30-10-8-9-29(22-30)33-36-38-39-37-33)34(41)27-15-18-31(19-16-27)43-44(6,7)35(2,3)4;1-20-17-24(13-16-28(20)38-3)22-9-7-21(8-10-22)19-35(30(37)23-11-14-27(36)15-12-23)26-6-4-5-25(18-26)29-31-33-34(2)32-29/h8-10,17,20-22,25-27,31H,11-16,18-19,23H2,1-7H3,(H,36,37,38,39);4-6,13,16-18,21-23,27,36H,7-12,14-15,19H2,1-3H3. The fourth-order valence-corrected chi connectivity index (χ4v) is 14.3. The number of aromatic nitrogens is 8. The number of carbonyl (C=O) groups is 2. The zero-order chi connectivity index (χ0) is 58.1. The third-order valence-electron chi connectivity index (χ3n) is 18.9. The molecule has 2 amide bonds. The third-order valence-corrected chi connectivity index (χ3v) is 23.4. The van der Waals surface area contributed by atoms with Crippen molar-refractivity contribution in [2.45, 2.75) is 180 Å². The summed E-state index contributed by atoms with van der Waals surface area (Å²) >= 11 is 0. The Bertz CT molecular complexity index is 3040. The molecule has 2 aromatic heterocycles. The molecule has 4 saturated carbocycles. The van der Waals surface area contributed by atoms with E-state index in [1.807, 2.05) is 47.4 Å². The van der Waals surface area contributed by atoms with E-state index in [1.54, 1.807) is 21.3 Å². The lowest BCUT2D eigenvalue weighted by Crippen LogP contribution is -2.46. The van der Waals surface area contributed by atoms with E-state index in [9.17, 15) is 14.7 Å². The molecule has 82 heavy (non-hydrogen) atoms. The number of amides is 2. The fourth-order valence-electron chi connectivity index (χ4n) is 12.9. The number of methoxy groups -OCH3 is 2. The molecular weight excluding hydrogens is 1040 g/mol. The maximum absolute atomic E-state index is 14.3. The molecule has 0 radical (unpaired) electrons. The van der Waals surface area contributed by atoms with Crippen molar-refractivity contribution in [1.29, 1.82) is 0 Å². The number of hydrogen-bond acceptors (Lipinski definition) is 12. The van der Waals surface area contributed by atoms with Crippen molar-refractivity contribution in [2.75, 3.05) is 37.1 Å². The molecule has 10 rings (SSSR count). The molecule has 6 aromatic rings. The number of H-pyrrole nitrogens is 1. The molecule has 16 nitrogen and oxygen atoms in total. The Balaban J connectivity index is 0.000000200. The van der Waals surface area contributed by atoms with Gasteiger partial charge in [-0.25, -0.2) is 0 Å². The summed E-state index contributed by atoms with van der Waals surface area (Å²) in [4.78, 5) is 33.8. The molecule has 0 saturated heterocycles. The Morgan fingerprint density at radius 2 is 1.11 bits per heavy atom. The number of aryl methyl sites for hydroxylation is 3. The maximum Gasteiger partial charge on any atom is 0.230 e. The molecule has 17 heteroatoms. The monoisotopic (exact) mass is 1130 g/mol. The van der Waals surface area contributed by atoms with Crippen LogP contribution >= 0.6 is 0 Å². The summed E-state index contributed by atoms with van der Waals surface area (Å²) in [6.07, 6.45) is 15.4. The maximum atomic E-state index is 14.3. The number of tetrazole rings is 2. The van der Waals surface area contributed by atoms with Crippen LogP contribution < -0.4 is 19.3 Å². The van der Waals surface area contributed by atoms with Crippen LogP contribution in [-0.2, 0) is 21.1 Å². The first-order valence-corrected chi connectivity index (χ1v) is 33.2. The number of nitrogens with zero attached hydrogens (tertiary/aromatic N) is 9. The predicted octanol–water partition coefficient (Wildman–Crippen LogP) is 13.1. The zero-order valence-corrected chi connectivity index (χ0v) is 51.4. The Kier molecular flexibility index (Phi) is 19.8. The fraction of sp³-hybridized carbons (Fsp3) is 0.569. The van der Waals surface area contributed by atoms with Crippen LogP contribution in [0.2, 0.25) is 18.1 Å². The van der Waals surface area contributed by atoms with E-state index in [0.717, 1.165) is 130 Å². The van der Waals surface area contributed by atoms with Crippen LogP contribution in [0.4, 0.5) is 11.4 Å². The lowest BCUT2D eigenvalue weighted by molar-refractivity contribution is -0.124. The average molecular weight is 1140 g/mol. The van der Waals surface area contributed by atoms with Gasteiger partial charge in [0, 0.05) is 53.5 Å². The Morgan fingerprint density at radius 3 is 1.52 bits per heavy atom. The number of aromatic amines is 1. The SMILES string of the molecule is COc1ccc(C2CCC(CN(C(=O)C3CCC(O)CC3)c3cccc(-c4nnn(C)n4)c3)CC2)cc1C.COc1ccc(C2CCC(CN(C(=O)C3CCC(O[Si](C)(C)C(C)(C)C)CC3)c3cccc(-c4nn[nH]n4)c3)CC2)cc1C. The number of hydrogen-bond donors (Lipinski definition) is 2. The molecule has 4 aromatic carbocycles. The van der Waals surface area contributed by atoms with Gasteiger partial charge in [0.05, 0.1) is 27.4 Å². The molecule has 0 unspecified atom stereocenters. The van der Waals surface area contributed by atoms with Gasteiger partial charge >= 0.3 is 0 Å². The van der Waals surface area contributed by atoms with E-state index >= 15 is 0 Å².